The minimum Gasteiger partial charge on any atom is -0.478 e. The summed E-state index contributed by atoms with van der Waals surface area (Å²) in [6.07, 6.45) is 6.21. The molecule has 100 valence electrons. The van der Waals surface area contributed by atoms with Crippen LogP contribution < -0.4 is 5.32 Å². The maximum Gasteiger partial charge on any atom is 0.335 e. The van der Waals surface area contributed by atoms with Gasteiger partial charge in [0.15, 0.2) is 0 Å². The van der Waals surface area contributed by atoms with Gasteiger partial charge in [-0.25, -0.2) is 9.18 Å². The number of anilines is 1. The molecule has 1 unspecified atom stereocenters. The van der Waals surface area contributed by atoms with Crippen LogP contribution in [0.5, 0.6) is 0 Å². The number of hydrogen-bond donors (Lipinski definition) is 2. The Morgan fingerprint density at radius 3 is 2.68 bits per heavy atom. The van der Waals surface area contributed by atoms with E-state index in [-0.39, 0.29) is 23.1 Å². The summed E-state index contributed by atoms with van der Waals surface area (Å²) in [5, 5.41) is 11.2. The molecule has 19 heavy (non-hydrogen) atoms. The van der Waals surface area contributed by atoms with Crippen molar-refractivity contribution in [2.75, 3.05) is 5.32 Å². The van der Waals surface area contributed by atoms with E-state index in [0.29, 0.717) is 6.42 Å². The van der Waals surface area contributed by atoms with Gasteiger partial charge in [0, 0.05) is 5.92 Å². The van der Waals surface area contributed by atoms with Crippen LogP contribution in [0, 0.1) is 11.7 Å². The minimum absolute atomic E-state index is 0.0181. The van der Waals surface area contributed by atoms with E-state index in [2.05, 4.69) is 5.32 Å². The Bertz CT molecular complexity index is 539. The predicted octanol–water partition coefficient (Wildman–Crippen LogP) is 2.82. The van der Waals surface area contributed by atoms with Gasteiger partial charge in [-0.15, -0.1) is 0 Å². The fraction of sp³-hybridized carbons (Fsp3) is 0.286. The van der Waals surface area contributed by atoms with Gasteiger partial charge in [0.2, 0.25) is 5.91 Å². The van der Waals surface area contributed by atoms with Crippen molar-refractivity contribution < 1.29 is 19.1 Å². The molecular weight excluding hydrogens is 249 g/mol. The van der Waals surface area contributed by atoms with Crippen LogP contribution in [0.1, 0.15) is 29.6 Å². The molecule has 5 heteroatoms. The van der Waals surface area contributed by atoms with Crippen LogP contribution in [0.3, 0.4) is 0 Å². The van der Waals surface area contributed by atoms with Gasteiger partial charge in [0.25, 0.3) is 0 Å². The number of aromatic carboxylic acids is 1. The lowest BCUT2D eigenvalue weighted by molar-refractivity contribution is -0.120. The van der Waals surface area contributed by atoms with E-state index in [0.717, 1.165) is 18.9 Å². The van der Waals surface area contributed by atoms with Crippen LogP contribution in [0.4, 0.5) is 10.1 Å². The molecule has 4 nitrogen and oxygen atoms in total. The number of rotatable bonds is 3. The van der Waals surface area contributed by atoms with Crippen LogP contribution in [0.15, 0.2) is 30.4 Å². The summed E-state index contributed by atoms with van der Waals surface area (Å²) in [6, 6.07) is 3.44. The van der Waals surface area contributed by atoms with E-state index in [4.69, 9.17) is 5.11 Å². The Labute approximate surface area is 109 Å². The molecule has 0 bridgehead atoms. The summed E-state index contributed by atoms with van der Waals surface area (Å²) >= 11 is 0. The van der Waals surface area contributed by atoms with Crippen LogP contribution in [-0.2, 0) is 4.79 Å². The molecule has 0 aromatic heterocycles. The zero-order valence-electron chi connectivity index (χ0n) is 10.2. The van der Waals surface area contributed by atoms with Crippen molar-refractivity contribution in [2.24, 2.45) is 5.92 Å². The molecule has 1 aliphatic carbocycles. The van der Waals surface area contributed by atoms with E-state index >= 15 is 0 Å². The molecule has 0 aliphatic heterocycles. The molecule has 0 saturated carbocycles. The zero-order valence-corrected chi connectivity index (χ0v) is 10.2. The van der Waals surface area contributed by atoms with Crippen LogP contribution in [0.2, 0.25) is 0 Å². The largest absolute Gasteiger partial charge is 0.478 e. The van der Waals surface area contributed by atoms with Crippen LogP contribution in [0.25, 0.3) is 0 Å². The van der Waals surface area contributed by atoms with Gasteiger partial charge < -0.3 is 10.4 Å². The number of carboxylic acids is 1. The van der Waals surface area contributed by atoms with Gasteiger partial charge in [-0.3, -0.25) is 4.79 Å². The highest BCUT2D eigenvalue weighted by Gasteiger charge is 2.20. The number of carbonyl (C=O) groups excluding carboxylic acids is 1. The highest BCUT2D eigenvalue weighted by molar-refractivity contribution is 5.94. The van der Waals surface area contributed by atoms with Crippen LogP contribution >= 0.6 is 0 Å². The van der Waals surface area contributed by atoms with Crippen molar-refractivity contribution in [3.63, 3.8) is 0 Å². The number of carboxylic acid groups (broad SMARTS) is 1. The molecule has 0 saturated heterocycles. The minimum atomic E-state index is -1.20. The highest BCUT2D eigenvalue weighted by Crippen LogP contribution is 2.22. The number of amides is 1. The topological polar surface area (TPSA) is 66.4 Å². The first kappa shape index (κ1) is 13.3. The summed E-state index contributed by atoms with van der Waals surface area (Å²) < 4.78 is 13.6. The molecule has 1 aromatic carbocycles. The van der Waals surface area contributed by atoms with E-state index in [1.807, 2.05) is 12.2 Å². The molecule has 1 aliphatic rings. The average Bonchev–Trinajstić information content (AvgIpc) is 2.41. The maximum absolute atomic E-state index is 13.6. The third-order valence-corrected chi connectivity index (χ3v) is 3.11. The second-order valence-corrected chi connectivity index (χ2v) is 4.47. The fourth-order valence-electron chi connectivity index (χ4n) is 2.02. The zero-order chi connectivity index (χ0) is 13.8. The van der Waals surface area contributed by atoms with Crippen molar-refractivity contribution in [3.8, 4) is 0 Å². The molecule has 1 amide bonds. The monoisotopic (exact) mass is 263 g/mol. The van der Waals surface area contributed by atoms with Gasteiger partial charge in [0.1, 0.15) is 5.82 Å². The van der Waals surface area contributed by atoms with E-state index in [1.165, 1.54) is 12.1 Å². The predicted molar refractivity (Wildman–Crippen MR) is 68.5 cm³/mol. The SMILES string of the molecule is O=C(O)c1ccc(NC(=O)C2CC=CCC2)c(F)c1. The van der Waals surface area contributed by atoms with Crippen molar-refractivity contribution in [3.05, 3.63) is 41.7 Å². The van der Waals surface area contributed by atoms with Gasteiger partial charge in [-0.05, 0) is 37.5 Å². The van der Waals surface area contributed by atoms with Crippen molar-refractivity contribution in [1.29, 1.82) is 0 Å². The number of allylic oxidation sites excluding steroid dienone is 2. The normalized spacial score (nSPS) is 18.1. The average molecular weight is 263 g/mol. The summed E-state index contributed by atoms with van der Waals surface area (Å²) in [4.78, 5) is 22.6. The Balaban J connectivity index is 2.08. The molecule has 2 N–H and O–H groups in total. The first-order chi connectivity index (χ1) is 9.08. The van der Waals surface area contributed by atoms with E-state index < -0.39 is 11.8 Å². The Morgan fingerprint density at radius 1 is 1.32 bits per heavy atom. The summed E-state index contributed by atoms with van der Waals surface area (Å²) in [7, 11) is 0. The Kier molecular flexibility index (Phi) is 3.94. The van der Waals surface area contributed by atoms with Gasteiger partial charge in [-0.2, -0.15) is 0 Å². The van der Waals surface area contributed by atoms with Crippen molar-refractivity contribution in [2.45, 2.75) is 19.3 Å². The maximum atomic E-state index is 13.6. The molecule has 0 heterocycles. The summed E-state index contributed by atoms with van der Waals surface area (Å²) in [5.74, 6) is -2.32. The lowest BCUT2D eigenvalue weighted by Gasteiger charge is -2.17. The number of carbonyl (C=O) groups is 2. The van der Waals surface area contributed by atoms with Gasteiger partial charge >= 0.3 is 5.97 Å². The van der Waals surface area contributed by atoms with Gasteiger partial charge in [-0.1, -0.05) is 12.2 Å². The molecule has 0 spiro atoms. The van der Waals surface area contributed by atoms with Gasteiger partial charge in [0.05, 0.1) is 11.3 Å². The molecule has 1 atom stereocenters. The fourth-order valence-corrected chi connectivity index (χ4v) is 2.02. The molecule has 0 radical (unpaired) electrons. The third-order valence-electron chi connectivity index (χ3n) is 3.11. The van der Waals surface area contributed by atoms with E-state index in [1.54, 1.807) is 0 Å². The third kappa shape index (κ3) is 3.19. The van der Waals surface area contributed by atoms with Crippen LogP contribution in [-0.4, -0.2) is 17.0 Å². The van der Waals surface area contributed by atoms with E-state index in [9.17, 15) is 14.0 Å². The Morgan fingerprint density at radius 2 is 2.11 bits per heavy atom. The quantitative estimate of drug-likeness (QED) is 0.824. The number of hydrogen-bond acceptors (Lipinski definition) is 2. The molecule has 0 fully saturated rings. The second-order valence-electron chi connectivity index (χ2n) is 4.47. The highest BCUT2D eigenvalue weighted by atomic mass is 19.1. The van der Waals surface area contributed by atoms with Crippen molar-refractivity contribution in [1.82, 2.24) is 0 Å². The smallest absolute Gasteiger partial charge is 0.335 e. The Hall–Kier alpha value is -2.17. The molecular formula is C14H14FNO3. The molecule has 2 rings (SSSR count). The standard InChI is InChI=1S/C14H14FNO3/c15-11-8-10(14(18)19)6-7-12(11)16-13(17)9-4-2-1-3-5-9/h1-2,6-9H,3-5H2,(H,16,17)(H,18,19). The number of halogens is 1. The first-order valence-electron chi connectivity index (χ1n) is 6.06. The number of nitrogens with one attached hydrogen (secondary N) is 1. The first-order valence-corrected chi connectivity index (χ1v) is 6.06. The lowest BCUT2D eigenvalue weighted by Crippen LogP contribution is -2.24. The molecule has 1 aromatic rings. The second kappa shape index (κ2) is 5.65. The summed E-state index contributed by atoms with van der Waals surface area (Å²) in [6.45, 7) is 0. The lowest BCUT2D eigenvalue weighted by atomic mass is 9.93. The van der Waals surface area contributed by atoms with Crippen molar-refractivity contribution >= 4 is 17.6 Å². The number of benzene rings is 1. The summed E-state index contributed by atoms with van der Waals surface area (Å²) in [5.41, 5.74) is -0.124.